The maximum Gasteiger partial charge on any atom is 0.234 e. The highest BCUT2D eigenvalue weighted by Crippen LogP contribution is 2.16. The number of nitrogens with zero attached hydrogens (tertiary/aromatic N) is 1. The lowest BCUT2D eigenvalue weighted by atomic mass is 10.1. The van der Waals surface area contributed by atoms with Crippen molar-refractivity contribution in [2.45, 2.75) is 12.3 Å². The average Bonchev–Trinajstić information content (AvgIpc) is 2.65. The Morgan fingerprint density at radius 3 is 2.62 bits per heavy atom. The van der Waals surface area contributed by atoms with E-state index >= 15 is 0 Å². The Balaban J connectivity index is 1.91. The molecule has 1 aliphatic rings. The molecule has 26 heavy (non-hydrogen) atoms. The number of ether oxygens (including phenoxy) is 2. The number of hydrogen-bond donors (Lipinski definition) is 2. The van der Waals surface area contributed by atoms with Crippen LogP contribution in [0.3, 0.4) is 0 Å². The predicted molar refractivity (Wildman–Crippen MR) is 98.1 cm³/mol. The van der Waals surface area contributed by atoms with Gasteiger partial charge in [-0.05, 0) is 11.1 Å². The number of amides is 1. The van der Waals surface area contributed by atoms with Gasteiger partial charge in [0.1, 0.15) is 0 Å². The summed E-state index contributed by atoms with van der Waals surface area (Å²) in [5.74, 6) is -0.225. The minimum absolute atomic E-state index is 0.0782. The van der Waals surface area contributed by atoms with E-state index < -0.39 is 10.0 Å². The van der Waals surface area contributed by atoms with Gasteiger partial charge in [-0.25, -0.2) is 8.42 Å². The third-order valence-electron chi connectivity index (χ3n) is 4.06. The number of rotatable bonds is 10. The molecule has 1 amide bonds. The average molecular weight is 385 g/mol. The number of carbonyl (C=O) groups excluding carboxylic acids is 1. The standard InChI is InChI=1S/C17H27N3O5S/c1-24-9-6-18-13-17(21)19-12-15-4-2-3-5-16(15)14-26(22,23)20-7-10-25-11-8-20/h2-5,18H,6-14H2,1H3,(H,19,21). The number of benzene rings is 1. The Labute approximate surface area is 154 Å². The minimum Gasteiger partial charge on any atom is -0.383 e. The van der Waals surface area contributed by atoms with Gasteiger partial charge in [0.05, 0.1) is 32.1 Å². The monoisotopic (exact) mass is 385 g/mol. The first-order chi connectivity index (χ1) is 12.5. The summed E-state index contributed by atoms with van der Waals surface area (Å²) in [6.45, 7) is 3.23. The van der Waals surface area contributed by atoms with E-state index in [-0.39, 0.29) is 18.2 Å². The molecule has 146 valence electrons. The zero-order valence-corrected chi connectivity index (χ0v) is 15.9. The van der Waals surface area contributed by atoms with Crippen molar-refractivity contribution in [1.29, 1.82) is 0 Å². The molecule has 1 aromatic rings. The van der Waals surface area contributed by atoms with E-state index in [1.165, 1.54) is 4.31 Å². The fourth-order valence-electron chi connectivity index (χ4n) is 2.62. The van der Waals surface area contributed by atoms with E-state index in [9.17, 15) is 13.2 Å². The molecule has 9 heteroatoms. The Hall–Kier alpha value is -1.52. The van der Waals surface area contributed by atoms with Gasteiger partial charge < -0.3 is 20.1 Å². The molecule has 0 unspecified atom stereocenters. The molecule has 0 spiro atoms. The summed E-state index contributed by atoms with van der Waals surface area (Å²) in [6, 6.07) is 7.27. The van der Waals surface area contributed by atoms with Crippen molar-refractivity contribution in [3.63, 3.8) is 0 Å². The third kappa shape index (κ3) is 6.65. The largest absolute Gasteiger partial charge is 0.383 e. The summed E-state index contributed by atoms with van der Waals surface area (Å²) in [7, 11) is -1.80. The Morgan fingerprint density at radius 2 is 1.92 bits per heavy atom. The molecular formula is C17H27N3O5S. The van der Waals surface area contributed by atoms with Gasteiger partial charge in [-0.1, -0.05) is 24.3 Å². The van der Waals surface area contributed by atoms with Crippen LogP contribution in [0.15, 0.2) is 24.3 Å². The Bertz CT molecular complexity index is 675. The lowest BCUT2D eigenvalue weighted by molar-refractivity contribution is -0.120. The smallest absolute Gasteiger partial charge is 0.234 e. The molecule has 1 saturated heterocycles. The second-order valence-corrected chi connectivity index (χ2v) is 7.95. The fourth-order valence-corrected chi connectivity index (χ4v) is 4.18. The predicted octanol–water partition coefficient (Wildman–Crippen LogP) is -0.299. The molecule has 0 aromatic heterocycles. The fraction of sp³-hybridized carbons (Fsp3) is 0.588. The van der Waals surface area contributed by atoms with Crippen molar-refractivity contribution in [3.05, 3.63) is 35.4 Å². The number of methoxy groups -OCH3 is 1. The van der Waals surface area contributed by atoms with E-state index in [4.69, 9.17) is 9.47 Å². The lowest BCUT2D eigenvalue weighted by Crippen LogP contribution is -2.41. The van der Waals surface area contributed by atoms with E-state index in [0.29, 0.717) is 51.6 Å². The molecular weight excluding hydrogens is 358 g/mol. The maximum absolute atomic E-state index is 12.6. The highest BCUT2D eigenvalue weighted by Gasteiger charge is 2.25. The number of sulfonamides is 1. The molecule has 2 rings (SSSR count). The van der Waals surface area contributed by atoms with Gasteiger partial charge in [0.15, 0.2) is 0 Å². The minimum atomic E-state index is -3.40. The number of hydrogen-bond acceptors (Lipinski definition) is 6. The second kappa shape index (κ2) is 10.6. The van der Waals surface area contributed by atoms with Gasteiger partial charge in [-0.15, -0.1) is 0 Å². The topological polar surface area (TPSA) is 97.0 Å². The first kappa shape index (κ1) is 20.8. The summed E-state index contributed by atoms with van der Waals surface area (Å²) in [5.41, 5.74) is 1.50. The van der Waals surface area contributed by atoms with Crippen molar-refractivity contribution < 1.29 is 22.7 Å². The molecule has 2 N–H and O–H groups in total. The molecule has 0 saturated carbocycles. The van der Waals surface area contributed by atoms with Gasteiger partial charge in [-0.2, -0.15) is 4.31 Å². The van der Waals surface area contributed by atoms with E-state index in [0.717, 1.165) is 5.56 Å². The molecule has 1 aliphatic heterocycles. The van der Waals surface area contributed by atoms with E-state index in [1.54, 1.807) is 13.2 Å². The van der Waals surface area contributed by atoms with Crippen LogP contribution >= 0.6 is 0 Å². The number of morpholine rings is 1. The summed E-state index contributed by atoms with van der Waals surface area (Å²) in [4.78, 5) is 11.9. The van der Waals surface area contributed by atoms with Crippen molar-refractivity contribution in [1.82, 2.24) is 14.9 Å². The molecule has 0 radical (unpaired) electrons. The Morgan fingerprint density at radius 1 is 1.23 bits per heavy atom. The van der Waals surface area contributed by atoms with Gasteiger partial charge in [0.2, 0.25) is 15.9 Å². The van der Waals surface area contributed by atoms with Crippen LogP contribution in [0.5, 0.6) is 0 Å². The zero-order chi connectivity index (χ0) is 18.8. The summed E-state index contributed by atoms with van der Waals surface area (Å²) in [5, 5.41) is 5.78. The first-order valence-electron chi connectivity index (χ1n) is 8.61. The molecule has 1 aromatic carbocycles. The first-order valence-corrected chi connectivity index (χ1v) is 10.2. The molecule has 0 bridgehead atoms. The zero-order valence-electron chi connectivity index (χ0n) is 15.1. The summed E-state index contributed by atoms with van der Waals surface area (Å²) in [6.07, 6.45) is 0. The molecule has 0 atom stereocenters. The number of carbonyl (C=O) groups is 1. The second-order valence-electron chi connectivity index (χ2n) is 5.98. The summed E-state index contributed by atoms with van der Waals surface area (Å²) >= 11 is 0. The number of nitrogens with one attached hydrogen (secondary N) is 2. The van der Waals surface area contributed by atoms with Crippen LogP contribution in [-0.2, 0) is 36.6 Å². The Kier molecular flexibility index (Phi) is 8.46. The van der Waals surface area contributed by atoms with Gasteiger partial charge in [0, 0.05) is 33.3 Å². The van der Waals surface area contributed by atoms with Crippen molar-refractivity contribution in [2.24, 2.45) is 0 Å². The van der Waals surface area contributed by atoms with Gasteiger partial charge in [-0.3, -0.25) is 4.79 Å². The van der Waals surface area contributed by atoms with E-state index in [2.05, 4.69) is 10.6 Å². The van der Waals surface area contributed by atoms with E-state index in [1.807, 2.05) is 18.2 Å². The van der Waals surface area contributed by atoms with Crippen LogP contribution in [0.1, 0.15) is 11.1 Å². The van der Waals surface area contributed by atoms with Crippen LogP contribution in [-0.4, -0.2) is 71.7 Å². The van der Waals surface area contributed by atoms with Gasteiger partial charge in [0.25, 0.3) is 0 Å². The molecule has 8 nitrogen and oxygen atoms in total. The highest BCUT2D eigenvalue weighted by atomic mass is 32.2. The van der Waals surface area contributed by atoms with Crippen molar-refractivity contribution >= 4 is 15.9 Å². The van der Waals surface area contributed by atoms with Crippen molar-refractivity contribution in [2.75, 3.05) is 53.1 Å². The van der Waals surface area contributed by atoms with Crippen LogP contribution in [0.4, 0.5) is 0 Å². The molecule has 1 heterocycles. The lowest BCUT2D eigenvalue weighted by Gasteiger charge is -2.26. The normalized spacial score (nSPS) is 15.7. The quantitative estimate of drug-likeness (QED) is 0.537. The molecule has 1 fully saturated rings. The van der Waals surface area contributed by atoms with Gasteiger partial charge >= 0.3 is 0 Å². The summed E-state index contributed by atoms with van der Waals surface area (Å²) < 4.78 is 36.8. The maximum atomic E-state index is 12.6. The van der Waals surface area contributed by atoms with Crippen LogP contribution < -0.4 is 10.6 Å². The third-order valence-corrected chi connectivity index (χ3v) is 5.89. The SMILES string of the molecule is COCCNCC(=O)NCc1ccccc1CS(=O)(=O)N1CCOCC1. The van der Waals surface area contributed by atoms with Crippen LogP contribution in [0.2, 0.25) is 0 Å². The highest BCUT2D eigenvalue weighted by molar-refractivity contribution is 7.88. The van der Waals surface area contributed by atoms with Crippen molar-refractivity contribution in [3.8, 4) is 0 Å². The molecule has 0 aliphatic carbocycles. The van der Waals surface area contributed by atoms with Crippen LogP contribution in [0.25, 0.3) is 0 Å². The van der Waals surface area contributed by atoms with Crippen LogP contribution in [0, 0.1) is 0 Å².